The zero-order valence-electron chi connectivity index (χ0n) is 7.18. The van der Waals surface area contributed by atoms with Gasteiger partial charge in [-0.2, -0.15) is 0 Å². The molecule has 1 saturated heterocycles. The van der Waals surface area contributed by atoms with Crippen molar-refractivity contribution in [1.82, 2.24) is 0 Å². The Bertz CT molecular complexity index is 139. The Labute approximate surface area is 71.8 Å². The van der Waals surface area contributed by atoms with E-state index >= 15 is 0 Å². The molecule has 1 aliphatic rings. The van der Waals surface area contributed by atoms with Crippen molar-refractivity contribution >= 4 is 0 Å². The molecule has 0 aliphatic carbocycles. The predicted octanol–water partition coefficient (Wildman–Crippen LogP) is -0.732. The molecule has 4 unspecified atom stereocenters. The molecule has 12 heavy (non-hydrogen) atoms. The van der Waals surface area contributed by atoms with E-state index in [1.807, 2.05) is 6.92 Å². The van der Waals surface area contributed by atoms with Gasteiger partial charge in [-0.15, -0.1) is 0 Å². The van der Waals surface area contributed by atoms with Crippen molar-refractivity contribution in [2.75, 3.05) is 6.61 Å². The first-order chi connectivity index (χ1) is 5.70. The molecule has 1 rings (SSSR count). The van der Waals surface area contributed by atoms with Crippen molar-refractivity contribution in [3.8, 4) is 0 Å². The van der Waals surface area contributed by atoms with Crippen molar-refractivity contribution in [2.45, 2.75) is 44.2 Å². The summed E-state index contributed by atoms with van der Waals surface area (Å²) in [5.74, 6) is 0. The quantitative estimate of drug-likeness (QED) is 0.530. The molecule has 3 N–H and O–H groups in total. The fraction of sp³-hybridized carbons (Fsp3) is 1.00. The van der Waals surface area contributed by atoms with Crippen LogP contribution in [0.2, 0.25) is 0 Å². The van der Waals surface area contributed by atoms with Crippen LogP contribution in [0.15, 0.2) is 0 Å². The summed E-state index contributed by atoms with van der Waals surface area (Å²) in [5.41, 5.74) is 0. The minimum Gasteiger partial charge on any atom is -0.394 e. The van der Waals surface area contributed by atoms with Crippen molar-refractivity contribution in [2.24, 2.45) is 0 Å². The molecule has 72 valence electrons. The lowest BCUT2D eigenvalue weighted by molar-refractivity contribution is -0.0241. The maximum absolute atomic E-state index is 9.40. The molecule has 1 heterocycles. The number of aliphatic hydroxyl groups is 3. The van der Waals surface area contributed by atoms with Crippen LogP contribution in [0.1, 0.15) is 19.8 Å². The van der Waals surface area contributed by atoms with Gasteiger partial charge in [-0.25, -0.2) is 0 Å². The highest BCUT2D eigenvalue weighted by Crippen LogP contribution is 2.23. The molecule has 4 atom stereocenters. The summed E-state index contributed by atoms with van der Waals surface area (Å²) in [6.07, 6.45) is -1.10. The average molecular weight is 176 g/mol. The van der Waals surface area contributed by atoms with E-state index in [9.17, 15) is 10.2 Å². The molecule has 1 fully saturated rings. The predicted molar refractivity (Wildman–Crippen MR) is 42.7 cm³/mol. The summed E-state index contributed by atoms with van der Waals surface area (Å²) in [6, 6.07) is 0. The molecule has 0 radical (unpaired) electrons. The van der Waals surface area contributed by atoms with Crippen LogP contribution in [-0.2, 0) is 4.74 Å². The van der Waals surface area contributed by atoms with Gasteiger partial charge in [-0.3, -0.25) is 0 Å². The Morgan fingerprint density at radius 1 is 1.17 bits per heavy atom. The summed E-state index contributed by atoms with van der Waals surface area (Å²) in [5, 5.41) is 27.5. The normalized spacial score (nSPS) is 42.0. The highest BCUT2D eigenvalue weighted by Gasteiger charge is 2.41. The van der Waals surface area contributed by atoms with Gasteiger partial charge < -0.3 is 20.1 Å². The molecular formula is C8H16O4. The summed E-state index contributed by atoms with van der Waals surface area (Å²) in [4.78, 5) is 0. The smallest absolute Gasteiger partial charge is 0.111 e. The van der Waals surface area contributed by atoms with Gasteiger partial charge in [0, 0.05) is 0 Å². The second-order valence-corrected chi connectivity index (χ2v) is 3.17. The first-order valence-corrected chi connectivity index (χ1v) is 4.33. The first kappa shape index (κ1) is 9.92. The Kier molecular flexibility index (Phi) is 3.46. The Morgan fingerprint density at radius 3 is 2.17 bits per heavy atom. The number of hydrogen-bond donors (Lipinski definition) is 3. The van der Waals surface area contributed by atoms with Gasteiger partial charge in [0.15, 0.2) is 0 Å². The standard InChI is InChI=1S/C8H16O4/c1-2-3-5-7(10)8(11)6(4-9)12-5/h5-11H,2-4H2,1H3. The SMILES string of the molecule is CCCC1OC(CO)C(O)C1O. The van der Waals surface area contributed by atoms with E-state index in [2.05, 4.69) is 0 Å². The van der Waals surface area contributed by atoms with Gasteiger partial charge in [0.2, 0.25) is 0 Å². The molecule has 0 amide bonds. The van der Waals surface area contributed by atoms with Crippen LogP contribution in [0.25, 0.3) is 0 Å². The highest BCUT2D eigenvalue weighted by molar-refractivity contribution is 4.89. The molecule has 4 heteroatoms. The summed E-state index contributed by atoms with van der Waals surface area (Å²) in [6.45, 7) is 1.74. The zero-order chi connectivity index (χ0) is 9.14. The van der Waals surface area contributed by atoms with Gasteiger partial charge in [0.05, 0.1) is 12.7 Å². The lowest BCUT2D eigenvalue weighted by atomic mass is 10.1. The van der Waals surface area contributed by atoms with Crippen LogP contribution in [-0.4, -0.2) is 46.3 Å². The molecular weight excluding hydrogens is 160 g/mol. The summed E-state index contributed by atoms with van der Waals surface area (Å²) >= 11 is 0. The van der Waals surface area contributed by atoms with Gasteiger partial charge in [0.1, 0.15) is 18.3 Å². The second-order valence-electron chi connectivity index (χ2n) is 3.17. The Balaban J connectivity index is 2.48. The number of aliphatic hydroxyl groups excluding tert-OH is 3. The number of ether oxygens (including phenoxy) is 1. The maximum Gasteiger partial charge on any atom is 0.111 e. The third-order valence-corrected chi connectivity index (χ3v) is 2.21. The number of hydrogen-bond acceptors (Lipinski definition) is 4. The van der Waals surface area contributed by atoms with E-state index < -0.39 is 18.3 Å². The second kappa shape index (κ2) is 4.18. The van der Waals surface area contributed by atoms with Crippen LogP contribution >= 0.6 is 0 Å². The van der Waals surface area contributed by atoms with Crippen molar-refractivity contribution in [1.29, 1.82) is 0 Å². The minimum atomic E-state index is -0.938. The Morgan fingerprint density at radius 2 is 1.75 bits per heavy atom. The van der Waals surface area contributed by atoms with Gasteiger partial charge in [-0.1, -0.05) is 13.3 Å². The van der Waals surface area contributed by atoms with Crippen LogP contribution in [0.3, 0.4) is 0 Å². The van der Waals surface area contributed by atoms with Crippen molar-refractivity contribution < 1.29 is 20.1 Å². The van der Waals surface area contributed by atoms with Crippen LogP contribution in [0.4, 0.5) is 0 Å². The topological polar surface area (TPSA) is 69.9 Å². The van der Waals surface area contributed by atoms with Crippen molar-refractivity contribution in [3.05, 3.63) is 0 Å². The monoisotopic (exact) mass is 176 g/mol. The van der Waals surface area contributed by atoms with Gasteiger partial charge >= 0.3 is 0 Å². The van der Waals surface area contributed by atoms with E-state index in [1.165, 1.54) is 0 Å². The van der Waals surface area contributed by atoms with Crippen LogP contribution < -0.4 is 0 Å². The van der Waals surface area contributed by atoms with Crippen LogP contribution in [0.5, 0.6) is 0 Å². The molecule has 0 aromatic heterocycles. The first-order valence-electron chi connectivity index (χ1n) is 4.33. The molecule has 0 saturated carbocycles. The largest absolute Gasteiger partial charge is 0.394 e. The summed E-state index contributed by atoms with van der Waals surface area (Å²) < 4.78 is 5.23. The van der Waals surface area contributed by atoms with E-state index in [1.54, 1.807) is 0 Å². The van der Waals surface area contributed by atoms with Crippen LogP contribution in [0, 0.1) is 0 Å². The minimum absolute atomic E-state index is 0.238. The molecule has 4 nitrogen and oxygen atoms in total. The fourth-order valence-electron chi connectivity index (χ4n) is 1.50. The van der Waals surface area contributed by atoms with E-state index in [4.69, 9.17) is 9.84 Å². The molecule has 1 aliphatic heterocycles. The lowest BCUT2D eigenvalue weighted by Gasteiger charge is -2.12. The van der Waals surface area contributed by atoms with E-state index in [0.29, 0.717) is 6.42 Å². The molecule has 0 bridgehead atoms. The third kappa shape index (κ3) is 1.77. The highest BCUT2D eigenvalue weighted by atomic mass is 16.6. The molecule has 0 aromatic carbocycles. The van der Waals surface area contributed by atoms with Crippen molar-refractivity contribution in [3.63, 3.8) is 0 Å². The van der Waals surface area contributed by atoms with Gasteiger partial charge in [-0.05, 0) is 6.42 Å². The molecule has 0 spiro atoms. The average Bonchev–Trinajstić information content (AvgIpc) is 2.33. The third-order valence-electron chi connectivity index (χ3n) is 2.21. The van der Waals surface area contributed by atoms with Gasteiger partial charge in [0.25, 0.3) is 0 Å². The number of rotatable bonds is 3. The summed E-state index contributed by atoms with van der Waals surface area (Å²) in [7, 11) is 0. The van der Waals surface area contributed by atoms with E-state index in [-0.39, 0.29) is 12.7 Å². The lowest BCUT2D eigenvalue weighted by Crippen LogP contribution is -2.33. The zero-order valence-corrected chi connectivity index (χ0v) is 7.18. The maximum atomic E-state index is 9.40. The fourth-order valence-corrected chi connectivity index (χ4v) is 1.50. The van der Waals surface area contributed by atoms with E-state index in [0.717, 1.165) is 6.42 Å². The Hall–Kier alpha value is -0.160. The molecule has 0 aromatic rings.